The van der Waals surface area contributed by atoms with Gasteiger partial charge in [-0.2, -0.15) is 26.3 Å². The van der Waals surface area contributed by atoms with Crippen molar-refractivity contribution in [1.29, 1.82) is 0 Å². The molecular weight excluding hydrogens is 506 g/mol. The lowest BCUT2D eigenvalue weighted by Gasteiger charge is -2.12. The maximum atomic E-state index is 13.6. The Morgan fingerprint density at radius 1 is 1.05 bits per heavy atom. The van der Waals surface area contributed by atoms with Gasteiger partial charge in [-0.25, -0.2) is 0 Å². The van der Waals surface area contributed by atoms with Crippen LogP contribution in [0.2, 0.25) is 0 Å². The lowest BCUT2D eigenvalue weighted by molar-refractivity contribution is -0.788. The van der Waals surface area contributed by atoms with Crippen LogP contribution in [0.4, 0.5) is 38.0 Å². The van der Waals surface area contributed by atoms with E-state index < -0.39 is 42.1 Å². The minimum absolute atomic E-state index is 0.0129. The Morgan fingerprint density at radius 3 is 2.38 bits per heavy atom. The lowest BCUT2D eigenvalue weighted by Crippen LogP contribution is -2.44. The molecule has 0 fully saturated rings. The Balaban J connectivity index is 1.79. The Morgan fingerprint density at radius 2 is 1.76 bits per heavy atom. The number of ether oxygens (including phenoxy) is 1. The van der Waals surface area contributed by atoms with Gasteiger partial charge in [0.25, 0.3) is 5.95 Å². The zero-order valence-electron chi connectivity index (χ0n) is 19.3. The van der Waals surface area contributed by atoms with Crippen molar-refractivity contribution < 1.29 is 40.6 Å². The largest absolute Gasteiger partial charge is 0.418 e. The van der Waals surface area contributed by atoms with Gasteiger partial charge in [-0.1, -0.05) is 23.0 Å². The highest BCUT2D eigenvalue weighted by atomic mass is 19.4. The average Bonchev–Trinajstić information content (AvgIpc) is 3.24. The van der Waals surface area contributed by atoms with E-state index in [9.17, 15) is 31.1 Å². The van der Waals surface area contributed by atoms with Crippen molar-refractivity contribution in [2.75, 3.05) is 5.32 Å². The predicted molar refractivity (Wildman–Crippen MR) is 117 cm³/mol. The van der Waals surface area contributed by atoms with Gasteiger partial charge in [0.05, 0.1) is 28.3 Å². The van der Waals surface area contributed by atoms with E-state index in [1.165, 1.54) is 39.8 Å². The van der Waals surface area contributed by atoms with Crippen LogP contribution in [0.15, 0.2) is 54.9 Å². The van der Waals surface area contributed by atoms with E-state index in [-0.39, 0.29) is 28.5 Å². The topological polar surface area (TPSA) is 85.3 Å². The summed E-state index contributed by atoms with van der Waals surface area (Å²) < 4.78 is 87.3. The van der Waals surface area contributed by atoms with Crippen LogP contribution in [0.25, 0.3) is 16.9 Å². The van der Waals surface area contributed by atoms with E-state index in [0.717, 1.165) is 24.3 Å². The molecule has 3 aromatic heterocycles. The van der Waals surface area contributed by atoms with Crippen molar-refractivity contribution in [2.45, 2.75) is 32.9 Å². The maximum absolute atomic E-state index is 13.6. The molecule has 0 amide bonds. The molecule has 0 unspecified atom stereocenters. The number of hydrogen-bond donors (Lipinski definition) is 1. The molecule has 14 heteroatoms. The first-order valence-corrected chi connectivity index (χ1v) is 10.8. The molecule has 4 rings (SSSR count). The molecule has 0 saturated carbocycles. The van der Waals surface area contributed by atoms with E-state index in [0.29, 0.717) is 0 Å². The highest BCUT2D eigenvalue weighted by molar-refractivity contribution is 5.71. The molecule has 37 heavy (non-hydrogen) atoms. The Bertz CT molecular complexity index is 1430. The number of hydrogen-bond acceptors (Lipinski definition) is 6. The summed E-state index contributed by atoms with van der Waals surface area (Å²) in [5.74, 6) is -1.03. The molecule has 194 valence electrons. The number of halogens is 6. The van der Waals surface area contributed by atoms with Crippen LogP contribution in [-0.2, 0) is 28.6 Å². The van der Waals surface area contributed by atoms with Crippen LogP contribution < -0.4 is 10.00 Å². The summed E-state index contributed by atoms with van der Waals surface area (Å²) in [5.41, 5.74) is -1.88. The van der Waals surface area contributed by atoms with Gasteiger partial charge in [-0.3, -0.25) is 9.78 Å². The molecule has 0 radical (unpaired) electrons. The normalized spacial score (nSPS) is 12.2. The molecule has 0 aliphatic heterocycles. The maximum Gasteiger partial charge on any atom is 0.418 e. The molecule has 0 saturated heterocycles. The third-order valence-electron chi connectivity index (χ3n) is 5.16. The summed E-state index contributed by atoms with van der Waals surface area (Å²) in [5, 5.41) is 10.8. The van der Waals surface area contributed by atoms with Gasteiger partial charge in [0, 0.05) is 18.0 Å². The Labute approximate surface area is 205 Å². The minimum Gasteiger partial charge on any atom is -0.403 e. The average molecular weight is 525 g/mol. The quantitative estimate of drug-likeness (QED) is 0.216. The Kier molecular flexibility index (Phi) is 6.76. The van der Waals surface area contributed by atoms with Gasteiger partial charge in [0.15, 0.2) is 0 Å². The number of benzene rings is 1. The van der Waals surface area contributed by atoms with Gasteiger partial charge >= 0.3 is 25.1 Å². The number of carbonyl (C=O) groups excluding carboxylic acids is 1. The van der Waals surface area contributed by atoms with Crippen molar-refractivity contribution in [2.24, 2.45) is 5.92 Å². The second kappa shape index (κ2) is 9.67. The molecule has 4 aromatic rings. The number of esters is 1. The monoisotopic (exact) mass is 525 g/mol. The van der Waals surface area contributed by atoms with Gasteiger partial charge in [0.1, 0.15) is 0 Å². The molecular formula is C23H19F6N6O2+. The zero-order valence-corrected chi connectivity index (χ0v) is 19.3. The number of pyridine rings is 1. The van der Waals surface area contributed by atoms with Crippen LogP contribution >= 0.6 is 0 Å². The number of nitrogens with one attached hydrogen (secondary N) is 1. The summed E-state index contributed by atoms with van der Waals surface area (Å²) in [6.07, 6.45) is -6.72. The van der Waals surface area contributed by atoms with Gasteiger partial charge in [0.2, 0.25) is 11.8 Å². The van der Waals surface area contributed by atoms with Crippen molar-refractivity contribution in [1.82, 2.24) is 19.7 Å². The molecule has 0 spiro atoms. The van der Waals surface area contributed by atoms with E-state index in [2.05, 4.69) is 20.5 Å². The number of fused-ring (bicyclic) bond motifs is 1. The molecule has 1 N–H and O–H groups in total. The van der Waals surface area contributed by atoms with E-state index in [4.69, 9.17) is 4.74 Å². The number of anilines is 2. The van der Waals surface area contributed by atoms with Crippen molar-refractivity contribution in [3.05, 3.63) is 66.0 Å². The number of aromatic nitrogens is 5. The fraction of sp³-hybridized carbons (Fsp3) is 0.261. The minimum atomic E-state index is -4.69. The Hall–Kier alpha value is -4.23. The van der Waals surface area contributed by atoms with E-state index in [1.807, 2.05) is 0 Å². The van der Waals surface area contributed by atoms with Crippen LogP contribution in [0.5, 0.6) is 0 Å². The smallest absolute Gasteiger partial charge is 0.403 e. The summed E-state index contributed by atoms with van der Waals surface area (Å²) in [7, 11) is 0. The van der Waals surface area contributed by atoms with Crippen LogP contribution in [0, 0.1) is 5.92 Å². The molecule has 0 bridgehead atoms. The summed E-state index contributed by atoms with van der Waals surface area (Å²) in [6, 6.07) is 7.48. The van der Waals surface area contributed by atoms with Crippen molar-refractivity contribution >= 4 is 23.3 Å². The summed E-state index contributed by atoms with van der Waals surface area (Å²) in [4.78, 5) is 16.0. The lowest BCUT2D eigenvalue weighted by atomic mass is 10.1. The fourth-order valence-corrected chi connectivity index (χ4v) is 3.36. The number of carbonyl (C=O) groups is 1. The number of rotatable bonds is 6. The standard InChI is InChI=1S/C23H18F6N6O2/c1-13(2)20(36)37-12-34-11-14(19-17(23(27,28)29)4-3-9-30-19)10-18-32-33-21(35(18)34)31-16-7-5-15(6-8-16)22(24,25)26/h3-11,13H,12H2,1-2H3/p+1. The van der Waals surface area contributed by atoms with Crippen LogP contribution in [0.1, 0.15) is 25.0 Å². The number of nitrogens with zero attached hydrogens (tertiary/aromatic N) is 5. The third kappa shape index (κ3) is 5.62. The fourth-order valence-electron chi connectivity index (χ4n) is 3.36. The molecule has 0 aliphatic rings. The predicted octanol–water partition coefficient (Wildman–Crippen LogP) is 5.02. The first-order chi connectivity index (χ1) is 17.3. The highest BCUT2D eigenvalue weighted by Gasteiger charge is 2.35. The number of alkyl halides is 6. The molecule has 0 aliphatic carbocycles. The molecule has 3 heterocycles. The first kappa shape index (κ1) is 25.9. The second-order valence-electron chi connectivity index (χ2n) is 8.21. The third-order valence-corrected chi connectivity index (χ3v) is 5.16. The molecule has 8 nitrogen and oxygen atoms in total. The highest BCUT2D eigenvalue weighted by Crippen LogP contribution is 2.35. The van der Waals surface area contributed by atoms with Gasteiger partial charge in [-0.05, 0) is 36.4 Å². The van der Waals surface area contributed by atoms with Crippen LogP contribution in [0.3, 0.4) is 0 Å². The molecule has 1 aromatic carbocycles. The SMILES string of the molecule is CC(C)C(=O)OC[n+]1cc(-c2ncccc2C(F)(F)F)cc2nnc(Nc3ccc(C(F)(F)F)cc3)n21. The zero-order chi connectivity index (χ0) is 27.0. The van der Waals surface area contributed by atoms with Crippen molar-refractivity contribution in [3.8, 4) is 11.3 Å². The van der Waals surface area contributed by atoms with E-state index >= 15 is 0 Å². The summed E-state index contributed by atoms with van der Waals surface area (Å²) >= 11 is 0. The van der Waals surface area contributed by atoms with Gasteiger partial charge in [-0.15, -0.1) is 10.2 Å². The van der Waals surface area contributed by atoms with Crippen molar-refractivity contribution in [3.63, 3.8) is 0 Å². The first-order valence-electron chi connectivity index (χ1n) is 10.8. The second-order valence-corrected chi connectivity index (χ2v) is 8.21. The van der Waals surface area contributed by atoms with Gasteiger partial charge < -0.3 is 10.1 Å². The molecule has 0 atom stereocenters. The van der Waals surface area contributed by atoms with Crippen LogP contribution in [-0.4, -0.2) is 25.7 Å². The summed E-state index contributed by atoms with van der Waals surface area (Å²) in [6.45, 7) is 2.80. The van der Waals surface area contributed by atoms with E-state index in [1.54, 1.807) is 13.8 Å².